The van der Waals surface area contributed by atoms with Gasteiger partial charge in [-0.2, -0.15) is 5.10 Å². The van der Waals surface area contributed by atoms with Gasteiger partial charge in [-0.25, -0.2) is 5.43 Å². The molecule has 0 aliphatic heterocycles. The Morgan fingerprint density at radius 1 is 0.971 bits per heavy atom. The summed E-state index contributed by atoms with van der Waals surface area (Å²) >= 11 is 6.06. The standard InChI is InChI=1S/C25H23ClN4O4/c1-17-7-10-20(13-22(17)26)29-23(31)16-34-21-11-8-19(9-12-21)15-28-30-25(33)24(32)27-14-18-5-3-2-4-6-18/h2-13,15H,14,16H2,1H3,(H,27,32)(H,29,31)(H,30,33)/b28-15-. The molecular formula is C25H23ClN4O4. The maximum Gasteiger partial charge on any atom is 0.329 e. The molecule has 0 spiro atoms. The molecule has 3 rings (SSSR count). The summed E-state index contributed by atoms with van der Waals surface area (Å²) in [6, 6.07) is 21.2. The fourth-order valence-electron chi connectivity index (χ4n) is 2.74. The van der Waals surface area contributed by atoms with E-state index in [9.17, 15) is 14.4 Å². The van der Waals surface area contributed by atoms with Gasteiger partial charge < -0.3 is 15.4 Å². The van der Waals surface area contributed by atoms with E-state index in [1.807, 2.05) is 43.3 Å². The summed E-state index contributed by atoms with van der Waals surface area (Å²) in [7, 11) is 0. The number of nitrogens with zero attached hydrogens (tertiary/aromatic N) is 1. The maximum atomic E-state index is 12.1. The molecule has 0 saturated heterocycles. The molecule has 0 heterocycles. The summed E-state index contributed by atoms with van der Waals surface area (Å²) in [5.41, 5.74) is 5.23. The smallest absolute Gasteiger partial charge is 0.329 e. The van der Waals surface area contributed by atoms with Crippen molar-refractivity contribution in [1.29, 1.82) is 0 Å². The summed E-state index contributed by atoms with van der Waals surface area (Å²) < 4.78 is 5.47. The van der Waals surface area contributed by atoms with Crippen LogP contribution in [-0.2, 0) is 20.9 Å². The topological polar surface area (TPSA) is 109 Å². The minimum Gasteiger partial charge on any atom is -0.484 e. The molecular weight excluding hydrogens is 456 g/mol. The van der Waals surface area contributed by atoms with E-state index in [2.05, 4.69) is 21.2 Å². The van der Waals surface area contributed by atoms with Crippen molar-refractivity contribution in [3.63, 3.8) is 0 Å². The van der Waals surface area contributed by atoms with Gasteiger partial charge in [-0.15, -0.1) is 0 Å². The molecule has 34 heavy (non-hydrogen) atoms. The Labute approximate surface area is 202 Å². The number of nitrogens with one attached hydrogen (secondary N) is 3. The zero-order chi connectivity index (χ0) is 24.3. The van der Waals surface area contributed by atoms with Crippen LogP contribution < -0.4 is 20.8 Å². The van der Waals surface area contributed by atoms with Crippen molar-refractivity contribution in [3.05, 3.63) is 94.5 Å². The Bertz CT molecular complexity index is 1180. The minimum absolute atomic E-state index is 0.174. The fourth-order valence-corrected chi connectivity index (χ4v) is 2.92. The number of benzene rings is 3. The van der Waals surface area contributed by atoms with Crippen LogP contribution in [0.25, 0.3) is 0 Å². The summed E-state index contributed by atoms with van der Waals surface area (Å²) in [6.45, 7) is 1.95. The first-order valence-corrected chi connectivity index (χ1v) is 10.7. The van der Waals surface area contributed by atoms with Crippen molar-refractivity contribution in [1.82, 2.24) is 10.7 Å². The lowest BCUT2D eigenvalue weighted by atomic mass is 10.2. The molecule has 0 saturated carbocycles. The molecule has 0 atom stereocenters. The summed E-state index contributed by atoms with van der Waals surface area (Å²) in [5, 5.41) is 9.58. The molecule has 0 unspecified atom stereocenters. The minimum atomic E-state index is -0.868. The SMILES string of the molecule is Cc1ccc(NC(=O)COc2ccc(/C=N\NC(=O)C(=O)NCc3ccccc3)cc2)cc1Cl. The van der Waals surface area contributed by atoms with Gasteiger partial charge in [0, 0.05) is 17.3 Å². The molecule has 8 nitrogen and oxygen atoms in total. The van der Waals surface area contributed by atoms with Gasteiger partial charge >= 0.3 is 11.8 Å². The molecule has 3 aromatic carbocycles. The highest BCUT2D eigenvalue weighted by molar-refractivity contribution is 6.35. The Hall–Kier alpha value is -4.17. The summed E-state index contributed by atoms with van der Waals surface area (Å²) in [6.07, 6.45) is 1.39. The van der Waals surface area contributed by atoms with Crippen molar-refractivity contribution < 1.29 is 19.1 Å². The average molecular weight is 479 g/mol. The molecule has 9 heteroatoms. The predicted molar refractivity (Wildman–Crippen MR) is 131 cm³/mol. The number of ether oxygens (including phenoxy) is 1. The quantitative estimate of drug-likeness (QED) is 0.262. The maximum absolute atomic E-state index is 12.1. The van der Waals surface area contributed by atoms with Gasteiger partial charge in [0.05, 0.1) is 6.21 Å². The van der Waals surface area contributed by atoms with E-state index in [1.165, 1.54) is 6.21 Å². The van der Waals surface area contributed by atoms with Crippen LogP contribution in [0.5, 0.6) is 5.75 Å². The zero-order valence-corrected chi connectivity index (χ0v) is 19.1. The lowest BCUT2D eigenvalue weighted by molar-refractivity contribution is -0.139. The second-order valence-corrected chi connectivity index (χ2v) is 7.64. The van der Waals surface area contributed by atoms with Crippen molar-refractivity contribution in [2.75, 3.05) is 11.9 Å². The molecule has 3 amide bonds. The molecule has 0 fully saturated rings. The number of rotatable bonds is 8. The monoisotopic (exact) mass is 478 g/mol. The van der Waals surface area contributed by atoms with Crippen LogP contribution in [0.4, 0.5) is 5.69 Å². The first-order valence-electron chi connectivity index (χ1n) is 10.3. The number of halogens is 1. The van der Waals surface area contributed by atoms with E-state index in [0.717, 1.165) is 11.1 Å². The molecule has 174 valence electrons. The van der Waals surface area contributed by atoms with Gasteiger partial charge in [-0.3, -0.25) is 14.4 Å². The van der Waals surface area contributed by atoms with Crippen molar-refractivity contribution in [2.24, 2.45) is 5.10 Å². The van der Waals surface area contributed by atoms with Crippen molar-refractivity contribution in [2.45, 2.75) is 13.5 Å². The van der Waals surface area contributed by atoms with Crippen LogP contribution in [0.1, 0.15) is 16.7 Å². The predicted octanol–water partition coefficient (Wildman–Crippen LogP) is 3.43. The van der Waals surface area contributed by atoms with Crippen molar-refractivity contribution in [3.8, 4) is 5.75 Å². The Morgan fingerprint density at radius 2 is 1.71 bits per heavy atom. The largest absolute Gasteiger partial charge is 0.484 e. The molecule has 3 aromatic rings. The third-order valence-electron chi connectivity index (χ3n) is 4.59. The third-order valence-corrected chi connectivity index (χ3v) is 4.99. The second-order valence-electron chi connectivity index (χ2n) is 7.24. The molecule has 3 N–H and O–H groups in total. The van der Waals surface area contributed by atoms with E-state index >= 15 is 0 Å². The Balaban J connectivity index is 1.40. The first-order chi connectivity index (χ1) is 16.4. The average Bonchev–Trinajstić information content (AvgIpc) is 2.85. The van der Waals surface area contributed by atoms with Crippen LogP contribution in [0, 0.1) is 6.92 Å². The van der Waals surface area contributed by atoms with E-state index in [1.54, 1.807) is 36.4 Å². The summed E-state index contributed by atoms with van der Waals surface area (Å²) in [5.74, 6) is -1.48. The Morgan fingerprint density at radius 3 is 2.41 bits per heavy atom. The van der Waals surface area contributed by atoms with Gasteiger partial charge in [0.1, 0.15) is 5.75 Å². The van der Waals surface area contributed by atoms with Crippen LogP contribution in [0.15, 0.2) is 77.9 Å². The zero-order valence-electron chi connectivity index (χ0n) is 18.4. The van der Waals surface area contributed by atoms with Crippen molar-refractivity contribution >= 4 is 41.2 Å². The molecule has 0 bridgehead atoms. The number of amides is 3. The van der Waals surface area contributed by atoms with E-state index in [-0.39, 0.29) is 19.1 Å². The Kier molecular flexibility index (Phi) is 8.76. The lowest BCUT2D eigenvalue weighted by Crippen LogP contribution is -2.37. The molecule has 0 aliphatic carbocycles. The number of hydrogen-bond donors (Lipinski definition) is 3. The molecule has 0 aromatic heterocycles. The van der Waals surface area contributed by atoms with E-state index < -0.39 is 11.8 Å². The normalized spacial score (nSPS) is 10.5. The van der Waals surface area contributed by atoms with E-state index in [0.29, 0.717) is 22.0 Å². The van der Waals surface area contributed by atoms with Crippen LogP contribution >= 0.6 is 11.6 Å². The van der Waals surface area contributed by atoms with Gasteiger partial charge in [-0.1, -0.05) is 48.0 Å². The number of hydrazone groups is 1. The van der Waals surface area contributed by atoms with Gasteiger partial charge in [0.15, 0.2) is 6.61 Å². The number of hydrogen-bond acceptors (Lipinski definition) is 5. The fraction of sp³-hybridized carbons (Fsp3) is 0.120. The number of aryl methyl sites for hydroxylation is 1. The van der Waals surface area contributed by atoms with Gasteiger partial charge in [0.2, 0.25) is 0 Å². The highest BCUT2D eigenvalue weighted by Gasteiger charge is 2.11. The number of carbonyl (C=O) groups excluding carboxylic acids is 3. The van der Waals surface area contributed by atoms with Crippen LogP contribution in [0.2, 0.25) is 5.02 Å². The summed E-state index contributed by atoms with van der Waals surface area (Å²) in [4.78, 5) is 35.7. The highest BCUT2D eigenvalue weighted by Crippen LogP contribution is 2.20. The van der Waals surface area contributed by atoms with E-state index in [4.69, 9.17) is 16.3 Å². The van der Waals surface area contributed by atoms with Crippen LogP contribution in [-0.4, -0.2) is 30.5 Å². The third kappa shape index (κ3) is 7.75. The van der Waals surface area contributed by atoms with Gasteiger partial charge in [0.25, 0.3) is 5.91 Å². The van der Waals surface area contributed by atoms with Crippen LogP contribution in [0.3, 0.4) is 0 Å². The highest BCUT2D eigenvalue weighted by atomic mass is 35.5. The second kappa shape index (κ2) is 12.2. The molecule has 0 aliphatic rings. The van der Waals surface area contributed by atoms with Gasteiger partial charge in [-0.05, 0) is 60.0 Å². The number of anilines is 1. The number of carbonyl (C=O) groups is 3. The first kappa shape index (κ1) is 24.5. The molecule has 0 radical (unpaired) electrons. The lowest BCUT2D eigenvalue weighted by Gasteiger charge is -2.08.